The van der Waals surface area contributed by atoms with Crippen LogP contribution >= 0.6 is 0 Å². The van der Waals surface area contributed by atoms with Gasteiger partial charge >= 0.3 is 0 Å². The molecule has 12 aromatic rings. The number of carbonyl (C=O) groups is 7. The first-order valence-electron chi connectivity index (χ1n) is 42.7. The molecule has 0 radical (unpaired) electrons. The van der Waals surface area contributed by atoms with E-state index in [-0.39, 0.29) is 89.7 Å². The van der Waals surface area contributed by atoms with Crippen LogP contribution < -0.4 is 56.8 Å². The molecule has 0 saturated carbocycles. The highest BCUT2D eigenvalue weighted by Crippen LogP contribution is 2.47. The summed E-state index contributed by atoms with van der Waals surface area (Å²) in [4.78, 5) is 91.7. The summed E-state index contributed by atoms with van der Waals surface area (Å²) < 4.78 is 0. The Labute approximate surface area is 739 Å². The first-order valence-corrected chi connectivity index (χ1v) is 42.7. The highest BCUT2D eigenvalue weighted by molar-refractivity contribution is 5.99. The molecule has 1 aromatic heterocycles. The van der Waals surface area contributed by atoms with Crippen LogP contribution in [0.4, 0.5) is 62.6 Å². The number of hydrogen-bond donors (Lipinski definition) is 8. The number of anilines is 11. The van der Waals surface area contributed by atoms with E-state index in [9.17, 15) is 33.6 Å². The van der Waals surface area contributed by atoms with Gasteiger partial charge in [0.2, 0.25) is 41.4 Å². The smallest absolute Gasteiger partial charge is 0.224 e. The van der Waals surface area contributed by atoms with Crippen molar-refractivity contribution in [3.63, 3.8) is 0 Å². The van der Waals surface area contributed by atoms with Gasteiger partial charge in [0.25, 0.3) is 0 Å². The summed E-state index contributed by atoms with van der Waals surface area (Å²) in [6.07, 6.45) is 16.0. The molecule has 11 aromatic carbocycles. The average Bonchev–Trinajstić information content (AvgIpc) is 0.925. The van der Waals surface area contributed by atoms with Crippen molar-refractivity contribution < 1.29 is 33.6 Å². The molecular weight excluding hydrogens is 1570 g/mol. The van der Waals surface area contributed by atoms with E-state index < -0.39 is 0 Å². The molecule has 8 N–H and O–H groups in total. The molecule has 16 rings (SSSR count). The van der Waals surface area contributed by atoms with Crippen molar-refractivity contribution in [1.82, 2.24) is 10.2 Å². The van der Waals surface area contributed by atoms with Gasteiger partial charge in [0.05, 0.1) is 29.9 Å². The predicted molar refractivity (Wildman–Crippen MR) is 513 cm³/mol. The Bertz CT molecular complexity index is 6160. The van der Waals surface area contributed by atoms with Crippen LogP contribution in [0.25, 0.3) is 44.6 Å². The van der Waals surface area contributed by atoms with Crippen molar-refractivity contribution in [1.29, 1.82) is 0 Å². The molecule has 0 fully saturated rings. The third-order valence-electron chi connectivity index (χ3n) is 23.4. The standard InChI is InChI=1S/C29H29N3O2.2C27H29N3O2.C23H22N4O/c1-6-22-10-12-27(18(2)14-22)31-28-15-19(3)32(21(5)34)29-13-11-24(17-26(28)29)23-8-7-9-25(16-23)30-20(4)33;1-17-7-5-9-23(13-17)29-26-14-18(2)30(20(4)32)27-12-11-22(16-25(26)27)21-8-6-10-24(15-21)28-19(3)31;1-17-8-5-6-11-25(17)29-26-14-18(2)30(20(4)32)27-13-12-22(16-24(26)27)21-9-7-10-23(15-21)28-19(3)31;1-4-17-5-8-19(9-6-17)25-22-13-15(2)27(16(3)28)23-10-7-18(14-20(22)23)21-11-12-24-26-21/h1,7-14,16-17,19,28,31H,15H2,2-5H3,(H,30,33);2*5-13,15-16,18,26,29H,14H2,1-4H3,(H,28,31);1,5-12,14-15,22,25H,13H2,2-3H3,(H,24,26)/t19-,28+;2*18-,26+;15-,22+/m0000/s1. The van der Waals surface area contributed by atoms with Gasteiger partial charge in [-0.15, -0.1) is 12.8 Å². The lowest BCUT2D eigenvalue weighted by atomic mass is 9.88. The maximum absolute atomic E-state index is 12.5. The van der Waals surface area contributed by atoms with Gasteiger partial charge < -0.3 is 56.8 Å². The minimum absolute atomic E-state index is 0.0227. The lowest BCUT2D eigenvalue weighted by molar-refractivity contribution is -0.118. The van der Waals surface area contributed by atoms with Crippen molar-refractivity contribution in [2.24, 2.45) is 0 Å². The highest BCUT2D eigenvalue weighted by atomic mass is 16.2. The Morgan fingerprint density at radius 2 is 0.683 bits per heavy atom. The number of aryl methyl sites for hydroxylation is 3. The van der Waals surface area contributed by atoms with Crippen LogP contribution in [0.3, 0.4) is 0 Å². The van der Waals surface area contributed by atoms with E-state index in [2.05, 4.69) is 161 Å². The number of H-pyrrole nitrogens is 1. The summed E-state index contributed by atoms with van der Waals surface area (Å²) in [6.45, 7) is 25.6. The molecule has 0 saturated heterocycles. The van der Waals surface area contributed by atoms with Crippen LogP contribution in [0.1, 0.15) is 176 Å². The van der Waals surface area contributed by atoms with Gasteiger partial charge in [-0.05, 0) is 298 Å². The van der Waals surface area contributed by atoms with Crippen LogP contribution in [0, 0.1) is 45.5 Å². The van der Waals surface area contributed by atoms with E-state index in [1.54, 1.807) is 33.9 Å². The van der Waals surface area contributed by atoms with Crippen LogP contribution in [-0.2, 0) is 33.6 Å². The molecular formula is C106H109N13O7. The summed E-state index contributed by atoms with van der Waals surface area (Å²) in [7, 11) is 0. The molecule has 20 nitrogen and oxygen atoms in total. The normalized spacial score (nSPS) is 17.5. The number of fused-ring (bicyclic) bond motifs is 4. The number of rotatable bonds is 15. The van der Waals surface area contributed by atoms with Gasteiger partial charge in [-0.2, -0.15) is 5.10 Å². The Balaban J connectivity index is 0.000000144. The molecule has 7 amide bonds. The van der Waals surface area contributed by atoms with Gasteiger partial charge in [-0.25, -0.2) is 0 Å². The monoisotopic (exact) mass is 1680 g/mol. The van der Waals surface area contributed by atoms with Crippen LogP contribution in [0.2, 0.25) is 0 Å². The number of para-hydroxylation sites is 1. The summed E-state index contributed by atoms with van der Waals surface area (Å²) in [6, 6.07) is 81.3. The zero-order valence-corrected chi connectivity index (χ0v) is 73.9. The maximum atomic E-state index is 12.5. The summed E-state index contributed by atoms with van der Waals surface area (Å²) in [5.41, 5.74) is 27.9. The molecule has 0 unspecified atom stereocenters. The molecule has 8 atom stereocenters. The number of aromatic nitrogens is 2. The van der Waals surface area contributed by atoms with Crippen LogP contribution in [0.15, 0.2) is 249 Å². The molecule has 4 aliphatic rings. The van der Waals surface area contributed by atoms with Gasteiger partial charge in [-0.3, -0.25) is 38.7 Å². The molecule has 640 valence electrons. The van der Waals surface area contributed by atoms with E-state index >= 15 is 0 Å². The third-order valence-corrected chi connectivity index (χ3v) is 23.4. The van der Waals surface area contributed by atoms with Gasteiger partial charge in [0.15, 0.2) is 0 Å². The lowest BCUT2D eigenvalue weighted by Gasteiger charge is -2.40. The van der Waals surface area contributed by atoms with Crippen molar-refractivity contribution in [3.8, 4) is 69.3 Å². The van der Waals surface area contributed by atoms with E-state index in [4.69, 9.17) is 12.8 Å². The molecule has 20 heteroatoms. The first kappa shape index (κ1) is 89.0. The minimum Gasteiger partial charge on any atom is -0.378 e. The second-order valence-electron chi connectivity index (χ2n) is 33.1. The molecule has 4 aliphatic heterocycles. The number of nitrogens with one attached hydrogen (secondary N) is 8. The number of carbonyl (C=O) groups excluding carboxylic acids is 7. The fraction of sp³-hybridized carbons (Fsp3) is 0.245. The van der Waals surface area contributed by atoms with Crippen LogP contribution in [-0.4, -0.2) is 75.7 Å². The molecule has 5 heterocycles. The summed E-state index contributed by atoms with van der Waals surface area (Å²) in [5.74, 6) is 5.21. The largest absolute Gasteiger partial charge is 0.378 e. The lowest BCUT2D eigenvalue weighted by Crippen LogP contribution is -2.43. The van der Waals surface area contributed by atoms with Gasteiger partial charge in [-0.1, -0.05) is 103 Å². The van der Waals surface area contributed by atoms with E-state index in [1.807, 2.05) is 209 Å². The van der Waals surface area contributed by atoms with Gasteiger partial charge in [0.1, 0.15) is 0 Å². The maximum Gasteiger partial charge on any atom is 0.224 e. The summed E-state index contributed by atoms with van der Waals surface area (Å²) >= 11 is 0. The molecule has 0 bridgehead atoms. The molecule has 0 aliphatic carbocycles. The Hall–Kier alpha value is -14.8. The number of terminal acetylenes is 2. The average molecular weight is 1680 g/mol. The number of benzene rings is 11. The van der Waals surface area contributed by atoms with Crippen molar-refractivity contribution in [2.45, 2.75) is 171 Å². The Kier molecular flexibility index (Phi) is 28.0. The molecule has 0 spiro atoms. The SMILES string of the molecule is C#Cc1ccc(N[C@@H]2C[C@H](C)N(C(C)=O)c3ccc(-c4cccc(NC(C)=O)c4)cc32)c(C)c1.C#Cc1ccc(N[C@@H]2C[C@H](C)N(C(C)=O)c3ccc(-c4ccn[nH]4)cc32)cc1.CC(=O)Nc1cccc(-c2ccc3c(c2)[C@H](Nc2cccc(C)c2)C[C@H](C)N3C(C)=O)c1.CC(=O)Nc1cccc(-c2ccc3c(c2)[C@H](Nc2ccccc2C)C[C@H](C)N3C(C)=O)c1. The fourth-order valence-corrected chi connectivity index (χ4v) is 17.8. The number of hydrogen-bond acceptors (Lipinski definition) is 12. The number of nitrogens with zero attached hydrogens (tertiary/aromatic N) is 5. The summed E-state index contributed by atoms with van der Waals surface area (Å²) in [5, 5.41) is 30.3. The first-order chi connectivity index (χ1) is 60.5. The van der Waals surface area contributed by atoms with Crippen molar-refractivity contribution in [2.75, 3.05) is 56.8 Å². The zero-order valence-electron chi connectivity index (χ0n) is 73.9. The second kappa shape index (κ2) is 39.6. The van der Waals surface area contributed by atoms with Crippen LogP contribution in [0.5, 0.6) is 0 Å². The zero-order chi connectivity index (χ0) is 89.7. The Morgan fingerprint density at radius 3 is 1.05 bits per heavy atom. The Morgan fingerprint density at radius 1 is 0.333 bits per heavy atom. The quantitative estimate of drug-likeness (QED) is 0.0447. The van der Waals surface area contributed by atoms with Crippen molar-refractivity contribution >= 4 is 104 Å². The topological polar surface area (TPSA) is 245 Å². The number of aromatic amines is 1. The second-order valence-corrected chi connectivity index (χ2v) is 33.1. The van der Waals surface area contributed by atoms with Crippen molar-refractivity contribution in [3.05, 3.63) is 299 Å². The minimum atomic E-state index is -0.107. The van der Waals surface area contributed by atoms with E-state index in [0.717, 1.165) is 172 Å². The molecule has 126 heavy (non-hydrogen) atoms. The number of amides is 7. The van der Waals surface area contributed by atoms with E-state index in [0.29, 0.717) is 0 Å². The predicted octanol–water partition coefficient (Wildman–Crippen LogP) is 22.1. The fourth-order valence-electron chi connectivity index (χ4n) is 17.8. The highest BCUT2D eigenvalue weighted by Gasteiger charge is 2.38. The third kappa shape index (κ3) is 21.1. The van der Waals surface area contributed by atoms with Gasteiger partial charge in [0, 0.05) is 158 Å². The van der Waals surface area contributed by atoms with E-state index in [1.165, 1.54) is 31.9 Å².